The molecule has 0 spiro atoms. The summed E-state index contributed by atoms with van der Waals surface area (Å²) in [5.74, 6) is -0.682. The van der Waals surface area contributed by atoms with Gasteiger partial charge in [0.25, 0.3) is 0 Å². The minimum absolute atomic E-state index is 0.274. The minimum Gasteiger partial charge on any atom is -0.289 e. The van der Waals surface area contributed by atoms with Gasteiger partial charge in [0.2, 0.25) is 0 Å². The zero-order valence-electron chi connectivity index (χ0n) is 9.74. The van der Waals surface area contributed by atoms with Gasteiger partial charge in [0.1, 0.15) is 5.82 Å². The predicted molar refractivity (Wildman–Crippen MR) is 76.2 cm³/mol. The summed E-state index contributed by atoms with van der Waals surface area (Å²) >= 11 is 11.7. The SMILES string of the molecule is O=C(C=Cc1ccccc1F)c1ccc(Cl)cc1Cl. The number of carbonyl (C=O) groups is 1. The Morgan fingerprint density at radius 2 is 1.84 bits per heavy atom. The van der Waals surface area contributed by atoms with Crippen molar-refractivity contribution in [3.8, 4) is 0 Å². The van der Waals surface area contributed by atoms with Crippen LogP contribution in [0.25, 0.3) is 6.08 Å². The van der Waals surface area contributed by atoms with Crippen LogP contribution in [0.4, 0.5) is 4.39 Å². The van der Waals surface area contributed by atoms with Gasteiger partial charge in [-0.15, -0.1) is 0 Å². The molecule has 2 aromatic carbocycles. The highest BCUT2D eigenvalue weighted by Gasteiger charge is 2.08. The lowest BCUT2D eigenvalue weighted by Crippen LogP contribution is -1.95. The molecule has 0 fully saturated rings. The van der Waals surface area contributed by atoms with Crippen LogP contribution in [0.2, 0.25) is 10.0 Å². The molecule has 1 nitrogen and oxygen atoms in total. The van der Waals surface area contributed by atoms with Gasteiger partial charge >= 0.3 is 0 Å². The molecule has 0 aromatic heterocycles. The van der Waals surface area contributed by atoms with E-state index < -0.39 is 0 Å². The van der Waals surface area contributed by atoms with E-state index in [4.69, 9.17) is 23.2 Å². The maximum atomic E-state index is 13.4. The average Bonchev–Trinajstić information content (AvgIpc) is 2.37. The van der Waals surface area contributed by atoms with E-state index in [0.29, 0.717) is 16.1 Å². The van der Waals surface area contributed by atoms with Crippen LogP contribution in [0.5, 0.6) is 0 Å². The zero-order valence-corrected chi connectivity index (χ0v) is 11.3. The van der Waals surface area contributed by atoms with Crippen molar-refractivity contribution in [1.82, 2.24) is 0 Å². The van der Waals surface area contributed by atoms with Crippen molar-refractivity contribution in [2.24, 2.45) is 0 Å². The van der Waals surface area contributed by atoms with Crippen LogP contribution in [0.1, 0.15) is 15.9 Å². The Labute approximate surface area is 120 Å². The molecule has 0 bridgehead atoms. The van der Waals surface area contributed by atoms with Gasteiger partial charge in [-0.25, -0.2) is 4.39 Å². The molecule has 2 aromatic rings. The molecule has 0 aliphatic rings. The van der Waals surface area contributed by atoms with Crippen molar-refractivity contribution in [3.05, 3.63) is 75.5 Å². The quantitative estimate of drug-likeness (QED) is 0.573. The molecule has 0 amide bonds. The number of hydrogen-bond donors (Lipinski definition) is 0. The summed E-state index contributed by atoms with van der Waals surface area (Å²) in [5, 5.41) is 0.732. The number of hydrogen-bond acceptors (Lipinski definition) is 1. The van der Waals surface area contributed by atoms with E-state index >= 15 is 0 Å². The van der Waals surface area contributed by atoms with E-state index in [-0.39, 0.29) is 16.6 Å². The predicted octanol–water partition coefficient (Wildman–Crippen LogP) is 5.03. The average molecular weight is 295 g/mol. The topological polar surface area (TPSA) is 17.1 Å². The molecule has 2 rings (SSSR count). The van der Waals surface area contributed by atoms with Gasteiger partial charge < -0.3 is 0 Å². The van der Waals surface area contributed by atoms with Gasteiger partial charge in [-0.05, 0) is 36.4 Å². The van der Waals surface area contributed by atoms with Crippen molar-refractivity contribution in [3.63, 3.8) is 0 Å². The Morgan fingerprint density at radius 3 is 2.53 bits per heavy atom. The maximum absolute atomic E-state index is 13.4. The van der Waals surface area contributed by atoms with Gasteiger partial charge in [-0.1, -0.05) is 41.4 Å². The number of halogens is 3. The summed E-state index contributed by atoms with van der Waals surface area (Å²) in [7, 11) is 0. The third-order valence-electron chi connectivity index (χ3n) is 2.52. The standard InChI is InChI=1S/C15H9Cl2FO/c16-11-6-7-12(13(17)9-11)15(19)8-5-10-3-1-2-4-14(10)18/h1-9H. The largest absolute Gasteiger partial charge is 0.289 e. The summed E-state index contributed by atoms with van der Waals surface area (Å²) in [6.45, 7) is 0. The molecule has 0 aliphatic heterocycles. The molecule has 0 atom stereocenters. The van der Waals surface area contributed by atoms with Crippen LogP contribution < -0.4 is 0 Å². The van der Waals surface area contributed by atoms with Crippen molar-refractivity contribution in [1.29, 1.82) is 0 Å². The van der Waals surface area contributed by atoms with Crippen LogP contribution in [-0.2, 0) is 0 Å². The summed E-state index contributed by atoms with van der Waals surface area (Å²) in [4.78, 5) is 11.9. The smallest absolute Gasteiger partial charge is 0.187 e. The van der Waals surface area contributed by atoms with E-state index in [2.05, 4.69) is 0 Å². The van der Waals surface area contributed by atoms with Crippen LogP contribution in [0, 0.1) is 5.82 Å². The fraction of sp³-hybridized carbons (Fsp3) is 0. The summed E-state index contributed by atoms with van der Waals surface area (Å²) in [5.41, 5.74) is 0.680. The molecule has 4 heteroatoms. The number of benzene rings is 2. The monoisotopic (exact) mass is 294 g/mol. The second kappa shape index (κ2) is 6.00. The summed E-state index contributed by atoms with van der Waals surface area (Å²) < 4.78 is 13.4. The third kappa shape index (κ3) is 3.43. The molecule has 96 valence electrons. The lowest BCUT2D eigenvalue weighted by molar-refractivity contribution is 0.104. The maximum Gasteiger partial charge on any atom is 0.187 e. The van der Waals surface area contributed by atoms with Crippen LogP contribution in [-0.4, -0.2) is 5.78 Å². The highest BCUT2D eigenvalue weighted by molar-refractivity contribution is 6.37. The Balaban J connectivity index is 2.24. The highest BCUT2D eigenvalue weighted by atomic mass is 35.5. The van der Waals surface area contributed by atoms with Gasteiger partial charge in [-0.3, -0.25) is 4.79 Å². The molecule has 0 radical (unpaired) electrons. The number of allylic oxidation sites excluding steroid dienone is 1. The Morgan fingerprint density at radius 1 is 1.11 bits per heavy atom. The molecule has 0 N–H and O–H groups in total. The van der Waals surface area contributed by atoms with E-state index in [9.17, 15) is 9.18 Å². The first kappa shape index (κ1) is 13.8. The first-order valence-corrected chi connectivity index (χ1v) is 6.25. The van der Waals surface area contributed by atoms with Gasteiger partial charge in [0.05, 0.1) is 5.02 Å². The Bertz CT molecular complexity index is 650. The zero-order chi connectivity index (χ0) is 13.8. The van der Waals surface area contributed by atoms with Crippen molar-refractivity contribution < 1.29 is 9.18 Å². The molecular formula is C15H9Cl2FO. The van der Waals surface area contributed by atoms with Gasteiger partial charge in [0.15, 0.2) is 5.78 Å². The molecule has 0 heterocycles. The summed E-state index contributed by atoms with van der Waals surface area (Å²) in [6, 6.07) is 10.8. The first-order valence-electron chi connectivity index (χ1n) is 5.50. The van der Waals surface area contributed by atoms with E-state index in [1.807, 2.05) is 0 Å². The van der Waals surface area contributed by atoms with Crippen LogP contribution in [0.15, 0.2) is 48.5 Å². The minimum atomic E-state index is -0.381. The van der Waals surface area contributed by atoms with E-state index in [1.165, 1.54) is 24.3 Å². The van der Waals surface area contributed by atoms with Crippen molar-refractivity contribution >= 4 is 35.1 Å². The van der Waals surface area contributed by atoms with E-state index in [0.717, 1.165) is 0 Å². The van der Waals surface area contributed by atoms with Gasteiger partial charge in [0, 0.05) is 16.1 Å². The third-order valence-corrected chi connectivity index (χ3v) is 3.06. The van der Waals surface area contributed by atoms with E-state index in [1.54, 1.807) is 30.3 Å². The van der Waals surface area contributed by atoms with Crippen molar-refractivity contribution in [2.45, 2.75) is 0 Å². The lowest BCUT2D eigenvalue weighted by atomic mass is 10.1. The first-order chi connectivity index (χ1) is 9.08. The molecule has 19 heavy (non-hydrogen) atoms. The normalized spacial score (nSPS) is 10.9. The van der Waals surface area contributed by atoms with Crippen LogP contribution >= 0.6 is 23.2 Å². The molecule has 0 saturated heterocycles. The van der Waals surface area contributed by atoms with Crippen molar-refractivity contribution in [2.75, 3.05) is 0 Å². The van der Waals surface area contributed by atoms with Gasteiger partial charge in [-0.2, -0.15) is 0 Å². The number of rotatable bonds is 3. The lowest BCUT2D eigenvalue weighted by Gasteiger charge is -2.00. The molecule has 0 unspecified atom stereocenters. The fourth-order valence-electron chi connectivity index (χ4n) is 1.55. The Kier molecular flexibility index (Phi) is 4.35. The summed E-state index contributed by atoms with van der Waals surface area (Å²) in [6.07, 6.45) is 2.70. The second-order valence-corrected chi connectivity index (χ2v) is 4.69. The second-order valence-electron chi connectivity index (χ2n) is 3.84. The Hall–Kier alpha value is -1.64. The number of carbonyl (C=O) groups excluding carboxylic acids is 1. The fourth-order valence-corrected chi connectivity index (χ4v) is 2.06. The molecule has 0 aliphatic carbocycles. The number of ketones is 1. The highest BCUT2D eigenvalue weighted by Crippen LogP contribution is 2.22. The van der Waals surface area contributed by atoms with Crippen LogP contribution in [0.3, 0.4) is 0 Å². The molecular weight excluding hydrogens is 286 g/mol. The molecule has 0 saturated carbocycles.